The van der Waals surface area contributed by atoms with Crippen molar-refractivity contribution in [2.75, 3.05) is 5.32 Å². The molecule has 0 aliphatic rings. The lowest BCUT2D eigenvalue weighted by molar-refractivity contribution is -0.115. The van der Waals surface area contributed by atoms with E-state index in [0.29, 0.717) is 4.90 Å². The van der Waals surface area contributed by atoms with Gasteiger partial charge < -0.3 is 5.32 Å². The molecule has 2 rings (SSSR count). The number of carbonyl (C=O) groups excluding carboxylic acids is 1. The standard InChI is InChI=1S/C15H13F2NOS/c1-10(20-14-9-5-3-7-12(14)17)15(19)18-13-8-4-2-6-11(13)16/h2-10H,1H3,(H,18,19). The van der Waals surface area contributed by atoms with Crippen molar-refractivity contribution in [1.82, 2.24) is 0 Å². The van der Waals surface area contributed by atoms with Gasteiger partial charge in [-0.25, -0.2) is 8.78 Å². The quantitative estimate of drug-likeness (QED) is 0.860. The van der Waals surface area contributed by atoms with E-state index in [0.717, 1.165) is 11.8 Å². The Morgan fingerprint density at radius 2 is 1.65 bits per heavy atom. The van der Waals surface area contributed by atoms with Crippen LogP contribution >= 0.6 is 11.8 Å². The molecule has 20 heavy (non-hydrogen) atoms. The third-order valence-electron chi connectivity index (χ3n) is 2.64. The van der Waals surface area contributed by atoms with E-state index in [1.807, 2.05) is 0 Å². The van der Waals surface area contributed by atoms with Crippen molar-refractivity contribution in [2.24, 2.45) is 0 Å². The molecule has 104 valence electrons. The highest BCUT2D eigenvalue weighted by atomic mass is 32.2. The fraction of sp³-hybridized carbons (Fsp3) is 0.133. The number of hydrogen-bond acceptors (Lipinski definition) is 2. The summed E-state index contributed by atoms with van der Waals surface area (Å²) in [7, 11) is 0. The summed E-state index contributed by atoms with van der Waals surface area (Å²) in [5, 5.41) is 1.96. The van der Waals surface area contributed by atoms with Crippen LogP contribution in [0.25, 0.3) is 0 Å². The molecule has 0 fully saturated rings. The fourth-order valence-corrected chi connectivity index (χ4v) is 2.47. The van der Waals surface area contributed by atoms with Gasteiger partial charge in [-0.15, -0.1) is 11.8 Å². The average Bonchev–Trinajstić information content (AvgIpc) is 2.43. The summed E-state index contributed by atoms with van der Waals surface area (Å²) in [5.41, 5.74) is 0.124. The predicted octanol–water partition coefficient (Wildman–Crippen LogP) is 4.08. The van der Waals surface area contributed by atoms with Gasteiger partial charge >= 0.3 is 0 Å². The van der Waals surface area contributed by atoms with Crippen LogP contribution in [0.3, 0.4) is 0 Å². The summed E-state index contributed by atoms with van der Waals surface area (Å²) in [6.45, 7) is 1.65. The number of anilines is 1. The molecule has 2 aromatic carbocycles. The summed E-state index contributed by atoms with van der Waals surface area (Å²) in [6.07, 6.45) is 0. The second-order valence-corrected chi connectivity index (χ2v) is 5.54. The van der Waals surface area contributed by atoms with Gasteiger partial charge in [0.1, 0.15) is 11.6 Å². The third-order valence-corrected chi connectivity index (χ3v) is 3.79. The van der Waals surface area contributed by atoms with Crippen LogP contribution in [-0.4, -0.2) is 11.2 Å². The molecule has 0 bridgehead atoms. The van der Waals surface area contributed by atoms with Crippen molar-refractivity contribution >= 4 is 23.4 Å². The van der Waals surface area contributed by atoms with Crippen LogP contribution in [0.5, 0.6) is 0 Å². The highest BCUT2D eigenvalue weighted by Crippen LogP contribution is 2.26. The Hall–Kier alpha value is -1.88. The molecular weight excluding hydrogens is 280 g/mol. The van der Waals surface area contributed by atoms with E-state index >= 15 is 0 Å². The second kappa shape index (κ2) is 6.52. The summed E-state index contributed by atoms with van der Waals surface area (Å²) in [6, 6.07) is 12.2. The molecule has 1 unspecified atom stereocenters. The highest BCUT2D eigenvalue weighted by molar-refractivity contribution is 8.00. The minimum Gasteiger partial charge on any atom is -0.323 e. The Balaban J connectivity index is 2.03. The average molecular weight is 293 g/mol. The molecule has 1 N–H and O–H groups in total. The zero-order chi connectivity index (χ0) is 14.5. The number of rotatable bonds is 4. The van der Waals surface area contributed by atoms with Crippen LogP contribution in [0.1, 0.15) is 6.92 Å². The van der Waals surface area contributed by atoms with Gasteiger partial charge in [-0.3, -0.25) is 4.79 Å². The summed E-state index contributed by atoms with van der Waals surface area (Å²) in [4.78, 5) is 12.4. The number of benzene rings is 2. The first-order valence-corrected chi connectivity index (χ1v) is 6.92. The first-order chi connectivity index (χ1) is 9.58. The highest BCUT2D eigenvalue weighted by Gasteiger charge is 2.17. The number of para-hydroxylation sites is 1. The van der Waals surface area contributed by atoms with Gasteiger partial charge in [0, 0.05) is 4.90 Å². The van der Waals surface area contributed by atoms with Crippen molar-refractivity contribution in [3.63, 3.8) is 0 Å². The number of thioether (sulfide) groups is 1. The van der Waals surface area contributed by atoms with E-state index in [2.05, 4.69) is 5.32 Å². The van der Waals surface area contributed by atoms with Crippen molar-refractivity contribution in [1.29, 1.82) is 0 Å². The van der Waals surface area contributed by atoms with E-state index in [-0.39, 0.29) is 17.4 Å². The lowest BCUT2D eigenvalue weighted by Gasteiger charge is -2.12. The van der Waals surface area contributed by atoms with Gasteiger partial charge in [0.05, 0.1) is 10.9 Å². The number of carbonyl (C=O) groups is 1. The molecule has 0 heterocycles. The number of hydrogen-bond donors (Lipinski definition) is 1. The zero-order valence-electron chi connectivity index (χ0n) is 10.8. The minimum absolute atomic E-state index is 0.124. The van der Waals surface area contributed by atoms with E-state index in [1.54, 1.807) is 37.3 Å². The Morgan fingerprint density at radius 3 is 2.30 bits per heavy atom. The Labute approximate surface area is 120 Å². The lowest BCUT2D eigenvalue weighted by atomic mass is 10.3. The lowest BCUT2D eigenvalue weighted by Crippen LogP contribution is -2.23. The largest absolute Gasteiger partial charge is 0.323 e. The second-order valence-electron chi connectivity index (χ2n) is 4.16. The maximum Gasteiger partial charge on any atom is 0.237 e. The molecule has 0 saturated heterocycles. The number of nitrogens with one attached hydrogen (secondary N) is 1. The predicted molar refractivity (Wildman–Crippen MR) is 76.7 cm³/mol. The molecule has 0 saturated carbocycles. The molecule has 0 radical (unpaired) electrons. The van der Waals surface area contributed by atoms with Crippen molar-refractivity contribution in [3.05, 3.63) is 60.2 Å². The zero-order valence-corrected chi connectivity index (χ0v) is 11.6. The minimum atomic E-state index is -0.536. The molecule has 0 aromatic heterocycles. The van der Waals surface area contributed by atoms with Gasteiger partial charge in [0.2, 0.25) is 5.91 Å². The number of halogens is 2. The summed E-state index contributed by atoms with van der Waals surface area (Å²) >= 11 is 1.09. The normalized spacial score (nSPS) is 11.9. The molecule has 5 heteroatoms. The van der Waals surface area contributed by atoms with Crippen molar-refractivity contribution in [2.45, 2.75) is 17.1 Å². The maximum atomic E-state index is 13.5. The Kier molecular flexibility index (Phi) is 4.74. The molecule has 1 amide bonds. The molecule has 1 atom stereocenters. The topological polar surface area (TPSA) is 29.1 Å². The summed E-state index contributed by atoms with van der Waals surface area (Å²) < 4.78 is 26.9. The van der Waals surface area contributed by atoms with E-state index in [1.165, 1.54) is 18.2 Å². The van der Waals surface area contributed by atoms with Gasteiger partial charge in [-0.1, -0.05) is 24.3 Å². The van der Waals surface area contributed by atoms with Gasteiger partial charge in [0.25, 0.3) is 0 Å². The molecule has 2 nitrogen and oxygen atoms in total. The molecule has 0 aliphatic carbocycles. The first kappa shape index (κ1) is 14.5. The summed E-state index contributed by atoms with van der Waals surface area (Å²) in [5.74, 6) is -1.24. The third kappa shape index (κ3) is 3.57. The fourth-order valence-electron chi connectivity index (χ4n) is 1.58. The molecular formula is C15H13F2NOS. The Bertz CT molecular complexity index is 618. The molecule has 0 spiro atoms. The van der Waals surface area contributed by atoms with Crippen molar-refractivity contribution in [3.8, 4) is 0 Å². The van der Waals surface area contributed by atoms with E-state index in [4.69, 9.17) is 0 Å². The maximum absolute atomic E-state index is 13.5. The van der Waals surface area contributed by atoms with Crippen LogP contribution in [0, 0.1) is 11.6 Å². The van der Waals surface area contributed by atoms with E-state index < -0.39 is 11.1 Å². The van der Waals surface area contributed by atoms with E-state index in [9.17, 15) is 13.6 Å². The SMILES string of the molecule is CC(Sc1ccccc1F)C(=O)Nc1ccccc1F. The van der Waals surface area contributed by atoms with Gasteiger partial charge in [0.15, 0.2) is 0 Å². The van der Waals surface area contributed by atoms with Gasteiger partial charge in [-0.2, -0.15) is 0 Å². The van der Waals surface area contributed by atoms with Crippen LogP contribution < -0.4 is 5.32 Å². The van der Waals surface area contributed by atoms with Crippen LogP contribution in [0.4, 0.5) is 14.5 Å². The molecule has 2 aromatic rings. The van der Waals surface area contributed by atoms with Gasteiger partial charge in [-0.05, 0) is 31.2 Å². The van der Waals surface area contributed by atoms with Crippen LogP contribution in [0.15, 0.2) is 53.4 Å². The number of amides is 1. The smallest absolute Gasteiger partial charge is 0.237 e. The Morgan fingerprint density at radius 1 is 1.05 bits per heavy atom. The first-order valence-electron chi connectivity index (χ1n) is 6.04. The molecule has 0 aliphatic heterocycles. The van der Waals surface area contributed by atoms with Crippen LogP contribution in [0.2, 0.25) is 0 Å². The monoisotopic (exact) mass is 293 g/mol. The van der Waals surface area contributed by atoms with Crippen molar-refractivity contribution < 1.29 is 13.6 Å². The van der Waals surface area contributed by atoms with Crippen LogP contribution in [-0.2, 0) is 4.79 Å².